The fourth-order valence-electron chi connectivity index (χ4n) is 3.93. The maximum absolute atomic E-state index is 6.32. The van der Waals surface area contributed by atoms with Gasteiger partial charge < -0.3 is 5.73 Å². The molecular weight excluding hydrogens is 220 g/mol. The van der Waals surface area contributed by atoms with Crippen LogP contribution in [0, 0.1) is 17.8 Å². The Bertz CT molecular complexity index is 275. The van der Waals surface area contributed by atoms with Gasteiger partial charge in [-0.1, -0.05) is 13.8 Å². The Kier molecular flexibility index (Phi) is 3.44. The van der Waals surface area contributed by atoms with Crippen molar-refractivity contribution in [3.8, 4) is 0 Å². The Hall–Kier alpha value is -0.0800. The highest BCUT2D eigenvalue weighted by Gasteiger charge is 2.58. The van der Waals surface area contributed by atoms with Crippen LogP contribution in [0.3, 0.4) is 0 Å². The van der Waals surface area contributed by atoms with E-state index in [1.807, 2.05) is 0 Å². The van der Waals surface area contributed by atoms with Gasteiger partial charge in [-0.05, 0) is 69.2 Å². The van der Waals surface area contributed by atoms with E-state index < -0.39 is 0 Å². The molecular formula is C16H30N2. The molecule has 3 aliphatic rings. The lowest BCUT2D eigenvalue weighted by molar-refractivity contribution is 0.0390. The fraction of sp³-hybridized carbons (Fsp3) is 1.00. The molecule has 0 saturated heterocycles. The van der Waals surface area contributed by atoms with Crippen molar-refractivity contribution in [2.75, 3.05) is 13.1 Å². The maximum atomic E-state index is 6.32. The molecule has 0 heterocycles. The van der Waals surface area contributed by atoms with Gasteiger partial charge in [0.05, 0.1) is 0 Å². The van der Waals surface area contributed by atoms with Gasteiger partial charge in [-0.15, -0.1) is 0 Å². The van der Waals surface area contributed by atoms with Crippen molar-refractivity contribution in [1.29, 1.82) is 0 Å². The summed E-state index contributed by atoms with van der Waals surface area (Å²) in [7, 11) is 0. The van der Waals surface area contributed by atoms with Crippen molar-refractivity contribution >= 4 is 0 Å². The van der Waals surface area contributed by atoms with Crippen molar-refractivity contribution in [3.63, 3.8) is 0 Å². The van der Waals surface area contributed by atoms with Gasteiger partial charge in [-0.3, -0.25) is 4.90 Å². The second-order valence-corrected chi connectivity index (χ2v) is 7.35. The Balaban J connectivity index is 1.76. The van der Waals surface area contributed by atoms with Gasteiger partial charge in [0.2, 0.25) is 0 Å². The van der Waals surface area contributed by atoms with Crippen LogP contribution in [0.4, 0.5) is 0 Å². The molecule has 0 aliphatic heterocycles. The molecule has 0 atom stereocenters. The highest BCUT2D eigenvalue weighted by atomic mass is 15.3. The molecule has 2 N–H and O–H groups in total. The Morgan fingerprint density at radius 1 is 1.06 bits per heavy atom. The van der Waals surface area contributed by atoms with Crippen LogP contribution in [0.15, 0.2) is 0 Å². The highest BCUT2D eigenvalue weighted by Crippen LogP contribution is 2.56. The summed E-state index contributed by atoms with van der Waals surface area (Å²) in [5, 5.41) is 0. The molecule has 2 heteroatoms. The number of hydrogen-bond donors (Lipinski definition) is 1. The fourth-order valence-corrected chi connectivity index (χ4v) is 3.93. The molecule has 3 fully saturated rings. The van der Waals surface area contributed by atoms with Crippen LogP contribution in [0.25, 0.3) is 0 Å². The van der Waals surface area contributed by atoms with E-state index in [0.29, 0.717) is 5.54 Å². The third-order valence-electron chi connectivity index (χ3n) is 5.37. The predicted molar refractivity (Wildman–Crippen MR) is 76.4 cm³/mol. The van der Waals surface area contributed by atoms with Gasteiger partial charge in [0, 0.05) is 18.1 Å². The molecule has 104 valence electrons. The van der Waals surface area contributed by atoms with Crippen molar-refractivity contribution in [2.24, 2.45) is 23.5 Å². The largest absolute Gasteiger partial charge is 0.329 e. The average molecular weight is 250 g/mol. The third kappa shape index (κ3) is 2.34. The van der Waals surface area contributed by atoms with Gasteiger partial charge >= 0.3 is 0 Å². The molecule has 3 rings (SSSR count). The summed E-state index contributed by atoms with van der Waals surface area (Å²) in [5.74, 6) is 2.69. The predicted octanol–water partition coefficient (Wildman–Crippen LogP) is 3.01. The number of nitrogens with two attached hydrogens (primary N) is 1. The van der Waals surface area contributed by atoms with Crippen LogP contribution in [0.5, 0.6) is 0 Å². The summed E-state index contributed by atoms with van der Waals surface area (Å²) in [6.45, 7) is 6.91. The number of rotatable bonds is 8. The van der Waals surface area contributed by atoms with Gasteiger partial charge in [0.1, 0.15) is 0 Å². The minimum absolute atomic E-state index is 0.413. The quantitative estimate of drug-likeness (QED) is 0.717. The normalized spacial score (nSPS) is 25.2. The Labute approximate surface area is 112 Å². The maximum Gasteiger partial charge on any atom is 0.0390 e. The van der Waals surface area contributed by atoms with Gasteiger partial charge in [-0.25, -0.2) is 0 Å². The summed E-state index contributed by atoms with van der Waals surface area (Å²) in [4.78, 5) is 2.89. The number of nitrogens with zero attached hydrogens (tertiary/aromatic N) is 1. The van der Waals surface area contributed by atoms with E-state index in [-0.39, 0.29) is 0 Å². The second kappa shape index (κ2) is 4.79. The average Bonchev–Trinajstić information content (AvgIpc) is 3.11. The van der Waals surface area contributed by atoms with E-state index in [0.717, 1.165) is 30.3 Å². The summed E-state index contributed by atoms with van der Waals surface area (Å²) in [6.07, 6.45) is 9.98. The molecule has 3 aliphatic carbocycles. The van der Waals surface area contributed by atoms with E-state index >= 15 is 0 Å². The van der Waals surface area contributed by atoms with E-state index in [2.05, 4.69) is 18.7 Å². The Morgan fingerprint density at radius 2 is 1.61 bits per heavy atom. The zero-order valence-electron chi connectivity index (χ0n) is 12.2. The van der Waals surface area contributed by atoms with Crippen LogP contribution < -0.4 is 5.73 Å². The molecule has 2 nitrogen and oxygen atoms in total. The van der Waals surface area contributed by atoms with Gasteiger partial charge in [-0.2, -0.15) is 0 Å². The first-order valence-corrected chi connectivity index (χ1v) is 8.15. The molecule has 0 aromatic carbocycles. The first-order valence-electron chi connectivity index (χ1n) is 8.15. The molecule has 0 amide bonds. The molecule has 0 aromatic rings. The van der Waals surface area contributed by atoms with Gasteiger partial charge in [0.15, 0.2) is 0 Å². The minimum Gasteiger partial charge on any atom is -0.329 e. The van der Waals surface area contributed by atoms with Crippen molar-refractivity contribution < 1.29 is 0 Å². The van der Waals surface area contributed by atoms with Crippen LogP contribution in [0.2, 0.25) is 0 Å². The molecule has 0 spiro atoms. The lowest BCUT2D eigenvalue weighted by atomic mass is 9.84. The smallest absolute Gasteiger partial charge is 0.0390 e. The van der Waals surface area contributed by atoms with Gasteiger partial charge in [0.25, 0.3) is 0 Å². The molecule has 0 aromatic heterocycles. The molecule has 0 radical (unpaired) electrons. The molecule has 3 saturated carbocycles. The monoisotopic (exact) mass is 250 g/mol. The first kappa shape index (κ1) is 12.9. The second-order valence-electron chi connectivity index (χ2n) is 7.35. The van der Waals surface area contributed by atoms with Crippen LogP contribution >= 0.6 is 0 Å². The summed E-state index contributed by atoms with van der Waals surface area (Å²) < 4.78 is 0. The summed E-state index contributed by atoms with van der Waals surface area (Å²) in [5.41, 5.74) is 6.73. The first-order chi connectivity index (χ1) is 8.68. The van der Waals surface area contributed by atoms with E-state index in [1.54, 1.807) is 0 Å². The molecule has 0 unspecified atom stereocenters. The number of hydrogen-bond acceptors (Lipinski definition) is 2. The summed E-state index contributed by atoms with van der Waals surface area (Å²) >= 11 is 0. The van der Waals surface area contributed by atoms with Crippen molar-refractivity contribution in [2.45, 2.75) is 70.4 Å². The highest BCUT2D eigenvalue weighted by molar-refractivity contribution is 5.13. The third-order valence-corrected chi connectivity index (χ3v) is 5.37. The SMILES string of the molecule is CC(C)CCN(C1CC1)C(CN)(C1CC1)C1CC1. The van der Waals surface area contributed by atoms with E-state index in [1.165, 1.54) is 51.5 Å². The zero-order valence-corrected chi connectivity index (χ0v) is 12.2. The van der Waals surface area contributed by atoms with Crippen LogP contribution in [-0.2, 0) is 0 Å². The molecule has 18 heavy (non-hydrogen) atoms. The lowest BCUT2D eigenvalue weighted by Gasteiger charge is -2.45. The summed E-state index contributed by atoms with van der Waals surface area (Å²) in [6, 6.07) is 0.883. The van der Waals surface area contributed by atoms with E-state index in [4.69, 9.17) is 5.73 Å². The van der Waals surface area contributed by atoms with Crippen LogP contribution in [0.1, 0.15) is 58.8 Å². The lowest BCUT2D eigenvalue weighted by Crippen LogP contribution is -2.58. The van der Waals surface area contributed by atoms with Crippen molar-refractivity contribution in [1.82, 2.24) is 4.90 Å². The minimum atomic E-state index is 0.413. The van der Waals surface area contributed by atoms with E-state index in [9.17, 15) is 0 Å². The Morgan fingerprint density at radius 3 is 1.94 bits per heavy atom. The standard InChI is InChI=1S/C16H30N2/c1-12(2)9-10-18(15-7-8-15)16(11-17,13-3-4-13)14-5-6-14/h12-15H,3-11,17H2,1-2H3. The van der Waals surface area contributed by atoms with Crippen LogP contribution in [-0.4, -0.2) is 29.6 Å². The van der Waals surface area contributed by atoms with Crippen molar-refractivity contribution in [3.05, 3.63) is 0 Å². The zero-order chi connectivity index (χ0) is 12.8. The topological polar surface area (TPSA) is 29.3 Å². The molecule has 0 bridgehead atoms.